The summed E-state index contributed by atoms with van der Waals surface area (Å²) in [6, 6.07) is 1.42. The molecule has 0 saturated heterocycles. The van der Waals surface area contributed by atoms with E-state index in [2.05, 4.69) is 27.5 Å². The second-order valence-corrected chi connectivity index (χ2v) is 2.57. The van der Waals surface area contributed by atoms with Gasteiger partial charge in [0.15, 0.2) is 10.7 Å². The van der Waals surface area contributed by atoms with Crippen LogP contribution in [0.25, 0.3) is 0 Å². The summed E-state index contributed by atoms with van der Waals surface area (Å²) in [4.78, 5) is 27.5. The maximum Gasteiger partial charge on any atom is 0.350 e. The fourth-order valence-corrected chi connectivity index (χ4v) is 0.803. The molecule has 0 unspecified atom stereocenters. The van der Waals surface area contributed by atoms with Crippen LogP contribution in [0.4, 0.5) is 5.82 Å². The Kier molecular flexibility index (Phi) is 3.19. The molecule has 0 spiro atoms. The highest BCUT2D eigenvalue weighted by molar-refractivity contribution is 7.82. The summed E-state index contributed by atoms with van der Waals surface area (Å²) < 4.78 is 0. The number of hydrogen-bond acceptors (Lipinski definition) is 5. The van der Waals surface area contributed by atoms with Crippen LogP contribution in [0.1, 0.15) is 5.82 Å². The third-order valence-electron chi connectivity index (χ3n) is 1.26. The van der Waals surface area contributed by atoms with Crippen molar-refractivity contribution in [2.45, 2.75) is 0 Å². The van der Waals surface area contributed by atoms with Gasteiger partial charge in [-0.1, -0.05) is 12.2 Å². The van der Waals surface area contributed by atoms with Gasteiger partial charge in [-0.05, 0) is 6.07 Å². The summed E-state index contributed by atoms with van der Waals surface area (Å²) in [7, 11) is 0. The van der Waals surface area contributed by atoms with Gasteiger partial charge >= 0.3 is 5.97 Å². The highest BCUT2D eigenvalue weighted by Gasteiger charge is 2.12. The first kappa shape index (κ1) is 10.2. The fourth-order valence-electron chi connectivity index (χ4n) is 0.705. The molecule has 14 heavy (non-hydrogen) atoms. The number of aliphatic carboxylic acids is 1. The zero-order valence-electron chi connectivity index (χ0n) is 6.80. The Morgan fingerprint density at radius 1 is 1.64 bits per heavy atom. The molecular weight excluding hydrogens is 206 g/mol. The maximum absolute atomic E-state index is 10.5. The Bertz CT molecular complexity index is 394. The van der Waals surface area contributed by atoms with Crippen molar-refractivity contribution in [3.05, 3.63) is 18.1 Å². The molecule has 0 atom stereocenters. The smallest absolute Gasteiger partial charge is 0.350 e. The average molecular weight is 211 g/mol. The number of nitrogens with one attached hydrogen (secondary N) is 1. The van der Waals surface area contributed by atoms with Crippen LogP contribution < -0.4 is 5.32 Å². The topological polar surface area (TPSA) is 92.2 Å². The maximum atomic E-state index is 10.5. The lowest BCUT2D eigenvalue weighted by atomic mass is 10.4. The van der Waals surface area contributed by atoms with Crippen LogP contribution in [0, 0.1) is 0 Å². The first-order valence-corrected chi connectivity index (χ1v) is 3.87. The van der Waals surface area contributed by atoms with Gasteiger partial charge in [0.05, 0.1) is 0 Å². The summed E-state index contributed by atoms with van der Waals surface area (Å²) in [6.07, 6.45) is 1.74. The van der Waals surface area contributed by atoms with E-state index in [1.807, 2.05) is 0 Å². The largest absolute Gasteiger partial charge is 0.477 e. The van der Waals surface area contributed by atoms with Crippen LogP contribution in [-0.2, 0) is 9.59 Å². The van der Waals surface area contributed by atoms with Crippen molar-refractivity contribution < 1.29 is 14.7 Å². The standard InChI is InChI=1S/C7H5N3O3S/c11-3-9-4-1-2-8-6(10-4)5(14)7(12)13/h1-3H,(H,12,13)(H,8,9,10,11). The number of hydrogen-bond donors (Lipinski definition) is 2. The summed E-state index contributed by atoms with van der Waals surface area (Å²) in [6.45, 7) is 0. The predicted octanol–water partition coefficient (Wildman–Crippen LogP) is -0.153. The zero-order valence-corrected chi connectivity index (χ0v) is 7.61. The van der Waals surface area contributed by atoms with Gasteiger partial charge in [-0.15, -0.1) is 0 Å². The van der Waals surface area contributed by atoms with Crippen LogP contribution in [0.15, 0.2) is 12.3 Å². The number of nitrogens with zero attached hydrogens (tertiary/aromatic N) is 2. The molecule has 7 heteroatoms. The van der Waals surface area contributed by atoms with Gasteiger partial charge in [-0.3, -0.25) is 4.79 Å². The van der Waals surface area contributed by atoms with E-state index in [-0.39, 0.29) is 16.5 Å². The van der Waals surface area contributed by atoms with Crippen molar-refractivity contribution in [1.82, 2.24) is 9.97 Å². The van der Waals surface area contributed by atoms with E-state index >= 15 is 0 Å². The van der Waals surface area contributed by atoms with Crippen LogP contribution in [0.2, 0.25) is 0 Å². The molecular formula is C7H5N3O3S. The van der Waals surface area contributed by atoms with Crippen molar-refractivity contribution in [1.29, 1.82) is 0 Å². The van der Waals surface area contributed by atoms with E-state index in [4.69, 9.17) is 5.11 Å². The first-order valence-electron chi connectivity index (χ1n) is 3.46. The van der Waals surface area contributed by atoms with Crippen molar-refractivity contribution in [3.63, 3.8) is 0 Å². The molecule has 1 aromatic heterocycles. The monoisotopic (exact) mass is 211 g/mol. The van der Waals surface area contributed by atoms with E-state index in [1.54, 1.807) is 0 Å². The average Bonchev–Trinajstić information content (AvgIpc) is 2.17. The SMILES string of the molecule is O=CNc1ccnc(C(=S)C(=O)O)n1. The molecule has 0 aliphatic carbocycles. The summed E-state index contributed by atoms with van der Waals surface area (Å²) >= 11 is 4.55. The van der Waals surface area contributed by atoms with Gasteiger partial charge in [0.1, 0.15) is 5.82 Å². The molecule has 0 radical (unpaired) electrons. The third-order valence-corrected chi connectivity index (χ3v) is 1.62. The lowest BCUT2D eigenvalue weighted by molar-refractivity contribution is -0.129. The number of amides is 1. The van der Waals surface area contributed by atoms with Gasteiger partial charge < -0.3 is 10.4 Å². The Morgan fingerprint density at radius 3 is 2.93 bits per heavy atom. The molecule has 0 aromatic carbocycles. The highest BCUT2D eigenvalue weighted by Crippen LogP contribution is 2.01. The molecule has 1 rings (SSSR count). The molecule has 0 aliphatic heterocycles. The Balaban J connectivity index is 2.99. The highest BCUT2D eigenvalue weighted by atomic mass is 32.1. The number of thiocarbonyl (C=S) groups is 1. The van der Waals surface area contributed by atoms with E-state index < -0.39 is 5.97 Å². The first-order chi connectivity index (χ1) is 6.65. The van der Waals surface area contributed by atoms with Crippen LogP contribution >= 0.6 is 12.2 Å². The normalized spacial score (nSPS) is 9.14. The van der Waals surface area contributed by atoms with Crippen LogP contribution in [0.3, 0.4) is 0 Å². The molecule has 6 nitrogen and oxygen atoms in total. The summed E-state index contributed by atoms with van der Waals surface area (Å²) in [5.74, 6) is -1.17. The molecule has 72 valence electrons. The number of carboxylic acids is 1. The molecule has 1 aromatic rings. The van der Waals surface area contributed by atoms with Crippen molar-refractivity contribution >= 4 is 35.3 Å². The van der Waals surface area contributed by atoms with Gasteiger partial charge in [0, 0.05) is 6.20 Å². The second kappa shape index (κ2) is 4.38. The molecule has 0 fully saturated rings. The van der Waals surface area contributed by atoms with Gasteiger partial charge in [0.2, 0.25) is 6.41 Å². The Morgan fingerprint density at radius 2 is 2.36 bits per heavy atom. The molecule has 0 aliphatic rings. The molecule has 2 N–H and O–H groups in total. The number of aromatic nitrogens is 2. The van der Waals surface area contributed by atoms with Crippen LogP contribution in [-0.4, -0.2) is 32.3 Å². The lowest BCUT2D eigenvalue weighted by Gasteiger charge is -1.99. The number of carbonyl (C=O) groups is 2. The Labute approximate surface area is 84.0 Å². The summed E-state index contributed by atoms with van der Waals surface area (Å²) in [5.41, 5.74) is 0. The second-order valence-electron chi connectivity index (χ2n) is 2.16. The van der Waals surface area contributed by atoms with E-state index in [1.165, 1.54) is 12.3 Å². The molecule has 0 bridgehead atoms. The van der Waals surface area contributed by atoms with E-state index in [0.717, 1.165) is 0 Å². The zero-order chi connectivity index (χ0) is 10.6. The van der Waals surface area contributed by atoms with Crippen molar-refractivity contribution in [2.75, 3.05) is 5.32 Å². The Hall–Kier alpha value is -1.89. The third kappa shape index (κ3) is 2.30. The number of anilines is 1. The number of rotatable bonds is 4. The molecule has 0 saturated carbocycles. The van der Waals surface area contributed by atoms with Crippen molar-refractivity contribution in [3.8, 4) is 0 Å². The molecule has 1 amide bonds. The minimum absolute atomic E-state index is 0.0978. The van der Waals surface area contributed by atoms with Crippen molar-refractivity contribution in [2.24, 2.45) is 0 Å². The van der Waals surface area contributed by atoms with Gasteiger partial charge in [-0.25, -0.2) is 14.8 Å². The number of carbonyl (C=O) groups excluding carboxylic acids is 1. The predicted molar refractivity (Wildman–Crippen MR) is 51.1 cm³/mol. The van der Waals surface area contributed by atoms with Gasteiger partial charge in [-0.2, -0.15) is 0 Å². The minimum atomic E-state index is -1.27. The van der Waals surface area contributed by atoms with E-state index in [0.29, 0.717) is 6.41 Å². The fraction of sp³-hybridized carbons (Fsp3) is 0. The number of carboxylic acid groups (broad SMARTS) is 1. The molecule has 1 heterocycles. The van der Waals surface area contributed by atoms with Crippen LogP contribution in [0.5, 0.6) is 0 Å². The summed E-state index contributed by atoms with van der Waals surface area (Å²) in [5, 5.41) is 10.8. The van der Waals surface area contributed by atoms with Gasteiger partial charge in [0.25, 0.3) is 0 Å². The lowest BCUT2D eigenvalue weighted by Crippen LogP contribution is -2.15. The quantitative estimate of drug-likeness (QED) is 0.408. The van der Waals surface area contributed by atoms with E-state index in [9.17, 15) is 9.59 Å². The minimum Gasteiger partial charge on any atom is -0.477 e.